The lowest BCUT2D eigenvalue weighted by atomic mass is 10.2. The number of nitrogens with one attached hydrogen (secondary N) is 1. The zero-order valence-electron chi connectivity index (χ0n) is 11.3. The first-order chi connectivity index (χ1) is 8.44. The summed E-state index contributed by atoms with van der Waals surface area (Å²) in [4.78, 5) is 4.48. The SMILES string of the molecule is CCCCS(=O)(=O)NCCc1nc(C(C)C)cs1. The van der Waals surface area contributed by atoms with E-state index in [2.05, 4.69) is 23.6 Å². The Kier molecular flexibility index (Phi) is 6.25. The van der Waals surface area contributed by atoms with E-state index in [-0.39, 0.29) is 5.75 Å². The smallest absolute Gasteiger partial charge is 0.211 e. The molecule has 0 aliphatic carbocycles. The zero-order chi connectivity index (χ0) is 13.6. The Hall–Kier alpha value is -0.460. The molecule has 0 bridgehead atoms. The van der Waals surface area contributed by atoms with Crippen molar-refractivity contribution < 1.29 is 8.42 Å². The van der Waals surface area contributed by atoms with Crippen LogP contribution in [0.5, 0.6) is 0 Å². The normalized spacial score (nSPS) is 12.2. The van der Waals surface area contributed by atoms with Crippen LogP contribution in [-0.4, -0.2) is 25.7 Å². The van der Waals surface area contributed by atoms with Gasteiger partial charge in [-0.3, -0.25) is 0 Å². The third kappa shape index (κ3) is 5.46. The van der Waals surface area contributed by atoms with Crippen LogP contribution < -0.4 is 4.72 Å². The first kappa shape index (κ1) is 15.6. The number of thiazole rings is 1. The summed E-state index contributed by atoms with van der Waals surface area (Å²) >= 11 is 1.60. The Morgan fingerprint density at radius 3 is 2.72 bits per heavy atom. The third-order valence-electron chi connectivity index (χ3n) is 2.59. The Labute approximate surface area is 114 Å². The number of rotatable bonds is 8. The molecular weight excluding hydrogens is 268 g/mol. The molecule has 0 spiro atoms. The van der Waals surface area contributed by atoms with Gasteiger partial charge < -0.3 is 0 Å². The topological polar surface area (TPSA) is 59.1 Å². The monoisotopic (exact) mass is 290 g/mol. The fourth-order valence-corrected chi connectivity index (χ4v) is 3.61. The van der Waals surface area contributed by atoms with Gasteiger partial charge in [0, 0.05) is 18.3 Å². The second kappa shape index (κ2) is 7.21. The Bertz CT molecular complexity index is 452. The lowest BCUT2D eigenvalue weighted by molar-refractivity contribution is 0.578. The molecule has 0 amide bonds. The Balaban J connectivity index is 2.37. The van der Waals surface area contributed by atoms with Crippen molar-refractivity contribution in [1.29, 1.82) is 0 Å². The number of aromatic nitrogens is 1. The van der Waals surface area contributed by atoms with Crippen LogP contribution in [0, 0.1) is 0 Å². The second-order valence-corrected chi connectivity index (χ2v) is 7.51. The van der Waals surface area contributed by atoms with Crippen LogP contribution in [0.15, 0.2) is 5.38 Å². The van der Waals surface area contributed by atoms with Crippen molar-refractivity contribution in [3.05, 3.63) is 16.1 Å². The minimum atomic E-state index is -3.10. The minimum Gasteiger partial charge on any atom is -0.246 e. The minimum absolute atomic E-state index is 0.221. The maximum Gasteiger partial charge on any atom is 0.211 e. The second-order valence-electron chi connectivity index (χ2n) is 4.64. The Morgan fingerprint density at radius 2 is 2.17 bits per heavy atom. The number of hydrogen-bond acceptors (Lipinski definition) is 4. The van der Waals surface area contributed by atoms with Crippen molar-refractivity contribution in [3.8, 4) is 0 Å². The lowest BCUT2D eigenvalue weighted by Crippen LogP contribution is -2.28. The number of hydrogen-bond donors (Lipinski definition) is 1. The van der Waals surface area contributed by atoms with Crippen LogP contribution in [-0.2, 0) is 16.4 Å². The highest BCUT2D eigenvalue weighted by Crippen LogP contribution is 2.17. The van der Waals surface area contributed by atoms with Crippen molar-refractivity contribution in [1.82, 2.24) is 9.71 Å². The van der Waals surface area contributed by atoms with Crippen molar-refractivity contribution >= 4 is 21.4 Å². The van der Waals surface area contributed by atoms with E-state index in [9.17, 15) is 8.42 Å². The van der Waals surface area contributed by atoms with Gasteiger partial charge >= 0.3 is 0 Å². The van der Waals surface area contributed by atoms with E-state index in [0.29, 0.717) is 25.3 Å². The molecule has 1 rings (SSSR count). The molecule has 6 heteroatoms. The molecule has 1 heterocycles. The molecule has 0 aliphatic rings. The van der Waals surface area contributed by atoms with Gasteiger partial charge in [-0.15, -0.1) is 11.3 Å². The van der Waals surface area contributed by atoms with Crippen LogP contribution in [0.3, 0.4) is 0 Å². The highest BCUT2D eigenvalue weighted by atomic mass is 32.2. The molecule has 0 aliphatic heterocycles. The summed E-state index contributed by atoms with van der Waals surface area (Å²) in [6, 6.07) is 0. The summed E-state index contributed by atoms with van der Waals surface area (Å²) in [5.41, 5.74) is 1.09. The van der Waals surface area contributed by atoms with Crippen LogP contribution in [0.2, 0.25) is 0 Å². The van der Waals surface area contributed by atoms with Crippen molar-refractivity contribution in [2.24, 2.45) is 0 Å². The van der Waals surface area contributed by atoms with Crippen LogP contribution in [0.4, 0.5) is 0 Å². The molecule has 0 saturated carbocycles. The lowest BCUT2D eigenvalue weighted by Gasteiger charge is -2.04. The molecule has 0 unspecified atom stereocenters. The molecule has 0 aromatic carbocycles. The third-order valence-corrected chi connectivity index (χ3v) is 4.99. The molecule has 0 atom stereocenters. The van der Waals surface area contributed by atoms with Gasteiger partial charge in [-0.05, 0) is 12.3 Å². The summed E-state index contributed by atoms with van der Waals surface area (Å²) in [5, 5.41) is 3.04. The molecule has 0 radical (unpaired) electrons. The summed E-state index contributed by atoms with van der Waals surface area (Å²) in [5.74, 6) is 0.648. The van der Waals surface area contributed by atoms with E-state index in [1.807, 2.05) is 12.3 Å². The fourth-order valence-electron chi connectivity index (χ4n) is 1.43. The molecule has 0 fully saturated rings. The van der Waals surface area contributed by atoms with Crippen molar-refractivity contribution in [2.75, 3.05) is 12.3 Å². The van der Waals surface area contributed by atoms with Crippen molar-refractivity contribution in [3.63, 3.8) is 0 Å². The van der Waals surface area contributed by atoms with E-state index in [0.717, 1.165) is 17.1 Å². The number of sulfonamides is 1. The first-order valence-corrected chi connectivity index (χ1v) is 8.89. The van der Waals surface area contributed by atoms with E-state index in [1.165, 1.54) is 0 Å². The highest BCUT2D eigenvalue weighted by molar-refractivity contribution is 7.89. The van der Waals surface area contributed by atoms with E-state index in [4.69, 9.17) is 0 Å². The standard InChI is InChI=1S/C12H22N2O2S2/c1-4-5-8-18(15,16)13-7-6-12-14-11(9-17-12)10(2)3/h9-10,13H,4-8H2,1-3H3. The van der Waals surface area contributed by atoms with Gasteiger partial charge in [-0.1, -0.05) is 27.2 Å². The van der Waals surface area contributed by atoms with Crippen LogP contribution in [0.1, 0.15) is 50.2 Å². The summed E-state index contributed by atoms with van der Waals surface area (Å²) in [6.45, 7) is 6.63. The molecule has 4 nitrogen and oxygen atoms in total. The molecule has 0 saturated heterocycles. The summed E-state index contributed by atoms with van der Waals surface area (Å²) in [7, 11) is -3.10. The largest absolute Gasteiger partial charge is 0.246 e. The summed E-state index contributed by atoms with van der Waals surface area (Å²) in [6.07, 6.45) is 2.28. The fraction of sp³-hybridized carbons (Fsp3) is 0.750. The maximum atomic E-state index is 11.6. The van der Waals surface area contributed by atoms with E-state index in [1.54, 1.807) is 11.3 Å². The predicted molar refractivity (Wildman–Crippen MR) is 76.6 cm³/mol. The average Bonchev–Trinajstić information content (AvgIpc) is 2.75. The van der Waals surface area contributed by atoms with Gasteiger partial charge in [0.1, 0.15) is 0 Å². The van der Waals surface area contributed by atoms with E-state index >= 15 is 0 Å². The number of nitrogens with zero attached hydrogens (tertiary/aromatic N) is 1. The van der Waals surface area contributed by atoms with Gasteiger partial charge in [-0.2, -0.15) is 0 Å². The summed E-state index contributed by atoms with van der Waals surface area (Å²) < 4.78 is 25.7. The van der Waals surface area contributed by atoms with Crippen molar-refractivity contribution in [2.45, 2.75) is 46.0 Å². The zero-order valence-corrected chi connectivity index (χ0v) is 12.9. The van der Waals surface area contributed by atoms with E-state index < -0.39 is 10.0 Å². The Morgan fingerprint density at radius 1 is 1.44 bits per heavy atom. The van der Waals surface area contributed by atoms with Gasteiger partial charge in [0.25, 0.3) is 0 Å². The molecule has 1 aromatic heterocycles. The van der Waals surface area contributed by atoms with Gasteiger partial charge in [0.2, 0.25) is 10.0 Å². The van der Waals surface area contributed by atoms with Crippen LogP contribution in [0.25, 0.3) is 0 Å². The predicted octanol–water partition coefficient (Wildman–Crippen LogP) is 2.53. The molecule has 1 aromatic rings. The highest BCUT2D eigenvalue weighted by Gasteiger charge is 2.10. The van der Waals surface area contributed by atoms with Gasteiger partial charge in [0.15, 0.2) is 0 Å². The van der Waals surface area contributed by atoms with Crippen LogP contribution >= 0.6 is 11.3 Å². The van der Waals surface area contributed by atoms with Gasteiger partial charge in [0.05, 0.1) is 16.5 Å². The number of unbranched alkanes of at least 4 members (excludes halogenated alkanes) is 1. The maximum absolute atomic E-state index is 11.6. The quantitative estimate of drug-likeness (QED) is 0.800. The molecule has 1 N–H and O–H groups in total. The van der Waals surface area contributed by atoms with Gasteiger partial charge in [-0.25, -0.2) is 18.1 Å². The molecule has 18 heavy (non-hydrogen) atoms. The molecular formula is C12H22N2O2S2. The average molecular weight is 290 g/mol. The molecule has 104 valence electrons. The first-order valence-electron chi connectivity index (χ1n) is 6.36.